The van der Waals surface area contributed by atoms with E-state index in [2.05, 4.69) is 15.3 Å². The van der Waals surface area contributed by atoms with Crippen molar-refractivity contribution >= 4 is 10.9 Å². The molecule has 0 amide bonds. The number of benzene rings is 1. The average molecular weight is 481 g/mol. The van der Waals surface area contributed by atoms with E-state index < -0.39 is 37.6 Å². The Morgan fingerprint density at radius 1 is 1.24 bits per heavy atom. The minimum Gasteiger partial charge on any atom is -0.489 e. The summed E-state index contributed by atoms with van der Waals surface area (Å²) in [6.07, 6.45) is 2.28. The molecule has 1 aliphatic heterocycles. The summed E-state index contributed by atoms with van der Waals surface area (Å²) in [6.45, 7) is -1.16. The fraction of sp³-hybridized carbons (Fsp3) is 0.458. The van der Waals surface area contributed by atoms with Crippen molar-refractivity contribution in [2.75, 3.05) is 46.1 Å². The number of aliphatic hydroxyl groups excluding tert-OH is 1. The monoisotopic (exact) mass is 480 g/mol. The second-order valence-corrected chi connectivity index (χ2v) is 8.35. The first kappa shape index (κ1) is 24.4. The number of aromatic nitrogens is 2. The van der Waals surface area contributed by atoms with Gasteiger partial charge in [0.1, 0.15) is 18.9 Å². The smallest absolute Gasteiger partial charge is 0.283 e. The highest BCUT2D eigenvalue weighted by molar-refractivity contribution is 5.85. The molecular weight excluding hydrogens is 452 g/mol. The van der Waals surface area contributed by atoms with Gasteiger partial charge in [0.25, 0.3) is 5.92 Å². The van der Waals surface area contributed by atoms with Crippen molar-refractivity contribution < 1.29 is 27.4 Å². The molecular formula is C24H28F4N4O2. The summed E-state index contributed by atoms with van der Waals surface area (Å²) in [5.74, 6) is -4.10. The van der Waals surface area contributed by atoms with Gasteiger partial charge in [0.2, 0.25) is 0 Å². The molecule has 1 atom stereocenters. The Balaban J connectivity index is 1.66. The maximum Gasteiger partial charge on any atom is 0.283 e. The average Bonchev–Trinajstić information content (AvgIpc) is 3.21. The van der Waals surface area contributed by atoms with Crippen molar-refractivity contribution in [3.8, 4) is 5.75 Å². The van der Waals surface area contributed by atoms with Crippen molar-refractivity contribution in [1.82, 2.24) is 20.2 Å². The van der Waals surface area contributed by atoms with Crippen molar-refractivity contribution in [3.05, 3.63) is 59.3 Å². The lowest BCUT2D eigenvalue weighted by Gasteiger charge is -2.37. The van der Waals surface area contributed by atoms with Gasteiger partial charge >= 0.3 is 0 Å². The molecule has 0 saturated carbocycles. The molecule has 0 spiro atoms. The van der Waals surface area contributed by atoms with Crippen LogP contribution in [-0.4, -0.2) is 72.0 Å². The number of pyridine rings is 1. The van der Waals surface area contributed by atoms with Gasteiger partial charge in [-0.1, -0.05) is 18.2 Å². The predicted molar refractivity (Wildman–Crippen MR) is 121 cm³/mol. The molecule has 34 heavy (non-hydrogen) atoms. The zero-order chi connectivity index (χ0) is 24.1. The number of alkyl halides is 3. The Morgan fingerprint density at radius 3 is 2.85 bits per heavy atom. The lowest BCUT2D eigenvalue weighted by molar-refractivity contribution is -0.0792. The van der Waals surface area contributed by atoms with Gasteiger partial charge in [-0.15, -0.1) is 0 Å². The Labute approximate surface area is 194 Å². The maximum atomic E-state index is 15.6. The van der Waals surface area contributed by atoms with Crippen LogP contribution < -0.4 is 10.1 Å². The molecule has 10 heteroatoms. The third-order valence-electron chi connectivity index (χ3n) is 5.96. The number of ether oxygens (including phenoxy) is 1. The number of halogens is 4. The number of hydrogen-bond acceptors (Lipinski definition) is 5. The predicted octanol–water partition coefficient (Wildman–Crippen LogP) is 3.61. The highest BCUT2D eigenvalue weighted by Gasteiger charge is 2.40. The van der Waals surface area contributed by atoms with E-state index in [1.807, 2.05) is 24.3 Å². The quantitative estimate of drug-likeness (QED) is 0.289. The van der Waals surface area contributed by atoms with E-state index in [1.54, 1.807) is 0 Å². The van der Waals surface area contributed by atoms with E-state index >= 15 is 4.39 Å². The number of H-pyrrole nitrogens is 1. The first-order valence-corrected chi connectivity index (χ1v) is 11.3. The van der Waals surface area contributed by atoms with Gasteiger partial charge in [-0.2, -0.15) is 0 Å². The van der Waals surface area contributed by atoms with E-state index in [4.69, 9.17) is 9.84 Å². The zero-order valence-electron chi connectivity index (χ0n) is 18.7. The summed E-state index contributed by atoms with van der Waals surface area (Å²) >= 11 is 0. The number of aliphatic hydroxyl groups is 1. The maximum absolute atomic E-state index is 15.6. The molecule has 0 unspecified atom stereocenters. The molecule has 3 heterocycles. The van der Waals surface area contributed by atoms with Crippen LogP contribution in [0, 0.1) is 5.82 Å². The van der Waals surface area contributed by atoms with Gasteiger partial charge < -0.3 is 20.1 Å². The van der Waals surface area contributed by atoms with E-state index in [-0.39, 0.29) is 24.6 Å². The molecule has 3 aromatic rings. The van der Waals surface area contributed by atoms with E-state index in [1.165, 1.54) is 17.2 Å². The fourth-order valence-electron chi connectivity index (χ4n) is 4.41. The fourth-order valence-corrected chi connectivity index (χ4v) is 4.41. The number of fused-ring (bicyclic) bond motifs is 3. The number of nitrogens with one attached hydrogen (secondary N) is 2. The minimum atomic E-state index is -3.35. The molecule has 1 aliphatic rings. The summed E-state index contributed by atoms with van der Waals surface area (Å²) in [5, 5.41) is 13.1. The summed E-state index contributed by atoms with van der Waals surface area (Å²) in [6, 6.07) is 8.08. The zero-order valence-corrected chi connectivity index (χ0v) is 18.7. The molecule has 1 aromatic carbocycles. The molecule has 0 aliphatic carbocycles. The number of hydrogen-bond donors (Lipinski definition) is 3. The van der Waals surface area contributed by atoms with Gasteiger partial charge in [0.15, 0.2) is 11.6 Å². The van der Waals surface area contributed by atoms with E-state index in [0.29, 0.717) is 31.6 Å². The molecule has 4 rings (SSSR count). The topological polar surface area (TPSA) is 73.4 Å². The second-order valence-electron chi connectivity index (χ2n) is 8.35. The van der Waals surface area contributed by atoms with Gasteiger partial charge in [0.05, 0.1) is 19.3 Å². The standard InChI is InChI=1S/C24H28F4N4O2/c25-8-3-9-29-11-13-34-19-6-10-30-22(20(19)26)23-21-17(16-4-1-2-5-18(16)31-21)7-12-32(23)14-24(27,28)15-33/h1-2,4-6,10,23,29,31,33H,3,7-9,11-15H2/t23-/m0/s1. The highest BCUT2D eigenvalue weighted by Crippen LogP contribution is 2.40. The summed E-state index contributed by atoms with van der Waals surface area (Å²) in [5.41, 5.74) is 2.36. The van der Waals surface area contributed by atoms with Crippen LogP contribution in [0.25, 0.3) is 10.9 Å². The van der Waals surface area contributed by atoms with Crippen molar-refractivity contribution in [2.24, 2.45) is 0 Å². The van der Waals surface area contributed by atoms with Crippen molar-refractivity contribution in [3.63, 3.8) is 0 Å². The van der Waals surface area contributed by atoms with Gasteiger partial charge in [0, 0.05) is 41.9 Å². The lowest BCUT2D eigenvalue weighted by Crippen LogP contribution is -2.45. The van der Waals surface area contributed by atoms with Crippen LogP contribution in [0.2, 0.25) is 0 Å². The Bertz CT molecular complexity index is 1110. The molecule has 0 saturated heterocycles. The first-order chi connectivity index (χ1) is 16.4. The van der Waals surface area contributed by atoms with Crippen molar-refractivity contribution in [1.29, 1.82) is 0 Å². The third kappa shape index (κ3) is 5.18. The Kier molecular flexibility index (Phi) is 7.70. The highest BCUT2D eigenvalue weighted by atomic mass is 19.3. The summed E-state index contributed by atoms with van der Waals surface area (Å²) < 4.78 is 61.8. The largest absolute Gasteiger partial charge is 0.489 e. The summed E-state index contributed by atoms with van der Waals surface area (Å²) in [7, 11) is 0. The molecule has 2 aromatic heterocycles. The van der Waals surface area contributed by atoms with Gasteiger partial charge in [-0.05, 0) is 31.0 Å². The number of aromatic amines is 1. The normalized spacial score (nSPS) is 16.7. The molecule has 0 radical (unpaired) electrons. The minimum absolute atomic E-state index is 0.0239. The lowest BCUT2D eigenvalue weighted by atomic mass is 9.94. The van der Waals surface area contributed by atoms with Gasteiger partial charge in [-0.3, -0.25) is 14.3 Å². The van der Waals surface area contributed by atoms with E-state index in [9.17, 15) is 13.2 Å². The SMILES string of the molecule is OCC(F)(F)CN1CCc2c([nH]c3ccccc23)[C@H]1c1nccc(OCCNCCCF)c1F. The Morgan fingerprint density at radius 2 is 2.06 bits per heavy atom. The number of para-hydroxylation sites is 1. The molecule has 0 fully saturated rings. The second kappa shape index (κ2) is 10.7. The van der Waals surface area contributed by atoms with Crippen LogP contribution in [0.4, 0.5) is 17.6 Å². The molecule has 6 nitrogen and oxygen atoms in total. The molecule has 0 bridgehead atoms. The van der Waals surface area contributed by atoms with Gasteiger partial charge in [-0.25, -0.2) is 13.2 Å². The Hall–Kier alpha value is -2.69. The third-order valence-corrected chi connectivity index (χ3v) is 5.96. The van der Waals surface area contributed by atoms with Crippen LogP contribution in [0.1, 0.15) is 29.4 Å². The number of rotatable bonds is 11. The molecule has 3 N–H and O–H groups in total. The first-order valence-electron chi connectivity index (χ1n) is 11.3. The van der Waals surface area contributed by atoms with Crippen LogP contribution in [0.5, 0.6) is 5.75 Å². The van der Waals surface area contributed by atoms with E-state index in [0.717, 1.165) is 16.5 Å². The number of nitrogens with zero attached hydrogens (tertiary/aromatic N) is 2. The molecule has 184 valence electrons. The van der Waals surface area contributed by atoms with Crippen LogP contribution >= 0.6 is 0 Å². The van der Waals surface area contributed by atoms with Crippen molar-refractivity contribution in [2.45, 2.75) is 24.8 Å². The van der Waals surface area contributed by atoms with Crippen LogP contribution in [-0.2, 0) is 6.42 Å². The van der Waals surface area contributed by atoms with Crippen LogP contribution in [0.15, 0.2) is 36.5 Å². The van der Waals surface area contributed by atoms with Crippen LogP contribution in [0.3, 0.4) is 0 Å². The summed E-state index contributed by atoms with van der Waals surface area (Å²) in [4.78, 5) is 8.95.